The molecule has 5 nitrogen and oxygen atoms in total. The van der Waals surface area contributed by atoms with Crippen molar-refractivity contribution in [2.24, 2.45) is 0 Å². The summed E-state index contributed by atoms with van der Waals surface area (Å²) >= 11 is 0. The summed E-state index contributed by atoms with van der Waals surface area (Å²) in [5, 5.41) is 5.97. The molecule has 0 fully saturated rings. The molecule has 2 aromatic rings. The second kappa shape index (κ2) is 8.75. The van der Waals surface area contributed by atoms with Gasteiger partial charge in [0, 0.05) is 17.3 Å². The monoisotopic (exact) mass is 374 g/mol. The Morgan fingerprint density at radius 3 is 2.41 bits per heavy atom. The highest BCUT2D eigenvalue weighted by Gasteiger charge is 2.22. The lowest BCUT2D eigenvalue weighted by atomic mass is 10.0. The summed E-state index contributed by atoms with van der Waals surface area (Å²) in [5.74, 6) is 0.343. The van der Waals surface area contributed by atoms with Gasteiger partial charge < -0.3 is 20.1 Å². The highest BCUT2D eigenvalue weighted by atomic mass is 19.1. The summed E-state index contributed by atoms with van der Waals surface area (Å²) in [5.41, 5.74) is 0.210. The summed E-state index contributed by atoms with van der Waals surface area (Å²) in [7, 11) is 1.53. The van der Waals surface area contributed by atoms with Gasteiger partial charge in [0.1, 0.15) is 6.04 Å². The van der Waals surface area contributed by atoms with E-state index in [2.05, 4.69) is 10.6 Å². The average molecular weight is 374 g/mol. The van der Waals surface area contributed by atoms with Crippen LogP contribution in [0.3, 0.4) is 0 Å². The molecule has 1 unspecified atom stereocenters. The molecule has 2 aromatic carbocycles. The van der Waals surface area contributed by atoms with Gasteiger partial charge in [-0.2, -0.15) is 0 Å². The molecule has 0 aliphatic rings. The van der Waals surface area contributed by atoms with E-state index < -0.39 is 11.9 Å². The number of hydrogen-bond donors (Lipinski definition) is 2. The first-order chi connectivity index (χ1) is 12.8. The lowest BCUT2D eigenvalue weighted by Crippen LogP contribution is -2.48. The van der Waals surface area contributed by atoms with Crippen LogP contribution in [0.2, 0.25) is 0 Å². The van der Waals surface area contributed by atoms with Gasteiger partial charge in [0.05, 0.1) is 7.11 Å². The second-order valence-corrected chi connectivity index (χ2v) is 6.99. The second-order valence-electron chi connectivity index (χ2n) is 6.99. The lowest BCUT2D eigenvalue weighted by Gasteiger charge is -2.27. The standard InChI is InChI=1S/C21H27FN2O3/c1-6-21(3,4)24-20(25)14(2)23-15-11-12-17(16(22)13-15)27-19-10-8-7-9-18(19)26-5/h7-14,23H,6H2,1-5H3,(H,24,25). The fourth-order valence-corrected chi connectivity index (χ4v) is 2.34. The van der Waals surface area contributed by atoms with E-state index in [1.165, 1.54) is 19.2 Å². The van der Waals surface area contributed by atoms with Crippen LogP contribution >= 0.6 is 0 Å². The molecular weight excluding hydrogens is 347 g/mol. The number of halogens is 1. The van der Waals surface area contributed by atoms with Crippen molar-refractivity contribution < 1.29 is 18.7 Å². The number of nitrogens with one attached hydrogen (secondary N) is 2. The van der Waals surface area contributed by atoms with E-state index in [9.17, 15) is 9.18 Å². The molecule has 6 heteroatoms. The first-order valence-corrected chi connectivity index (χ1v) is 8.94. The Morgan fingerprint density at radius 1 is 1.15 bits per heavy atom. The zero-order valence-corrected chi connectivity index (χ0v) is 16.4. The molecule has 0 spiro atoms. The number of rotatable bonds is 8. The van der Waals surface area contributed by atoms with Gasteiger partial charge in [-0.25, -0.2) is 4.39 Å². The maximum Gasteiger partial charge on any atom is 0.242 e. The first-order valence-electron chi connectivity index (χ1n) is 8.94. The van der Waals surface area contributed by atoms with Crippen molar-refractivity contribution in [3.8, 4) is 17.2 Å². The van der Waals surface area contributed by atoms with E-state index >= 15 is 0 Å². The third kappa shape index (κ3) is 5.61. The molecule has 2 N–H and O–H groups in total. The van der Waals surface area contributed by atoms with Crippen molar-refractivity contribution in [1.29, 1.82) is 0 Å². The largest absolute Gasteiger partial charge is 0.493 e. The number of carbonyl (C=O) groups excluding carboxylic acids is 1. The minimum Gasteiger partial charge on any atom is -0.493 e. The van der Waals surface area contributed by atoms with E-state index in [1.807, 2.05) is 20.8 Å². The van der Waals surface area contributed by atoms with Gasteiger partial charge in [-0.15, -0.1) is 0 Å². The van der Waals surface area contributed by atoms with Crippen molar-refractivity contribution in [1.82, 2.24) is 5.32 Å². The molecule has 1 atom stereocenters. The van der Waals surface area contributed by atoms with Gasteiger partial charge in [0.25, 0.3) is 0 Å². The van der Waals surface area contributed by atoms with Gasteiger partial charge in [-0.3, -0.25) is 4.79 Å². The Morgan fingerprint density at radius 2 is 1.81 bits per heavy atom. The van der Waals surface area contributed by atoms with Crippen LogP contribution in [0.1, 0.15) is 34.1 Å². The van der Waals surface area contributed by atoms with E-state index in [1.54, 1.807) is 37.3 Å². The normalized spacial score (nSPS) is 12.2. The number of benzene rings is 2. The zero-order valence-electron chi connectivity index (χ0n) is 16.4. The zero-order chi connectivity index (χ0) is 20.0. The lowest BCUT2D eigenvalue weighted by molar-refractivity contribution is -0.123. The third-order valence-electron chi connectivity index (χ3n) is 4.34. The number of amides is 1. The molecule has 146 valence electrons. The predicted molar refractivity (Wildman–Crippen MR) is 105 cm³/mol. The average Bonchev–Trinajstić information content (AvgIpc) is 2.64. The van der Waals surface area contributed by atoms with Gasteiger partial charge >= 0.3 is 0 Å². The highest BCUT2D eigenvalue weighted by Crippen LogP contribution is 2.33. The van der Waals surface area contributed by atoms with E-state index in [0.717, 1.165) is 6.42 Å². The van der Waals surface area contributed by atoms with Gasteiger partial charge in [-0.1, -0.05) is 19.1 Å². The van der Waals surface area contributed by atoms with E-state index in [4.69, 9.17) is 9.47 Å². The first kappa shape index (κ1) is 20.6. The van der Waals surface area contributed by atoms with E-state index in [-0.39, 0.29) is 17.2 Å². The van der Waals surface area contributed by atoms with E-state index in [0.29, 0.717) is 17.2 Å². The molecule has 0 aromatic heterocycles. The number of hydrogen-bond acceptors (Lipinski definition) is 4. The Bertz CT molecular complexity index is 793. The molecule has 27 heavy (non-hydrogen) atoms. The molecule has 0 aliphatic carbocycles. The summed E-state index contributed by atoms with van der Waals surface area (Å²) < 4.78 is 25.3. The topological polar surface area (TPSA) is 59.6 Å². The Labute approximate surface area is 159 Å². The van der Waals surface area contributed by atoms with Crippen molar-refractivity contribution in [3.63, 3.8) is 0 Å². The summed E-state index contributed by atoms with van der Waals surface area (Å²) in [6, 6.07) is 11.0. The van der Waals surface area contributed by atoms with Crippen LogP contribution in [0.4, 0.5) is 10.1 Å². The maximum absolute atomic E-state index is 14.4. The van der Waals surface area contributed by atoms with Crippen molar-refractivity contribution in [2.75, 3.05) is 12.4 Å². The molecule has 0 bridgehead atoms. The molecule has 0 saturated heterocycles. The maximum atomic E-state index is 14.4. The van der Waals surface area contributed by atoms with Crippen LogP contribution in [-0.2, 0) is 4.79 Å². The predicted octanol–water partition coefficient (Wildman–Crippen LogP) is 4.73. The Hall–Kier alpha value is -2.76. The van der Waals surface area contributed by atoms with Crippen LogP contribution in [0.15, 0.2) is 42.5 Å². The molecule has 0 heterocycles. The van der Waals surface area contributed by atoms with Crippen LogP contribution in [0.25, 0.3) is 0 Å². The number of carbonyl (C=O) groups is 1. The molecule has 0 radical (unpaired) electrons. The van der Waals surface area contributed by atoms with Crippen molar-refractivity contribution >= 4 is 11.6 Å². The third-order valence-corrected chi connectivity index (χ3v) is 4.34. The Kier molecular flexibility index (Phi) is 6.66. The summed E-state index contributed by atoms with van der Waals surface area (Å²) in [6.45, 7) is 7.66. The number of para-hydroxylation sites is 2. The summed E-state index contributed by atoms with van der Waals surface area (Å²) in [6.07, 6.45) is 0.815. The number of ether oxygens (including phenoxy) is 2. The molecular formula is C21H27FN2O3. The van der Waals surface area contributed by atoms with Crippen molar-refractivity contribution in [2.45, 2.75) is 45.7 Å². The smallest absolute Gasteiger partial charge is 0.242 e. The minimum absolute atomic E-state index is 0.0780. The fourth-order valence-electron chi connectivity index (χ4n) is 2.34. The molecule has 1 amide bonds. The summed E-state index contributed by atoms with van der Waals surface area (Å²) in [4.78, 5) is 12.3. The molecule has 2 rings (SSSR count). The molecule has 0 aliphatic heterocycles. The van der Waals surface area contributed by atoms with Crippen LogP contribution in [0.5, 0.6) is 17.2 Å². The van der Waals surface area contributed by atoms with Gasteiger partial charge in [-0.05, 0) is 51.5 Å². The number of anilines is 1. The highest BCUT2D eigenvalue weighted by molar-refractivity contribution is 5.84. The fraction of sp³-hybridized carbons (Fsp3) is 0.381. The van der Waals surface area contributed by atoms with Crippen LogP contribution < -0.4 is 20.1 Å². The minimum atomic E-state index is -0.535. The van der Waals surface area contributed by atoms with Crippen molar-refractivity contribution in [3.05, 3.63) is 48.3 Å². The number of methoxy groups -OCH3 is 1. The SMILES string of the molecule is CCC(C)(C)NC(=O)C(C)Nc1ccc(Oc2ccccc2OC)c(F)c1. The van der Waals surface area contributed by atoms with Gasteiger partial charge in [0.15, 0.2) is 23.1 Å². The van der Waals surface area contributed by atoms with Crippen LogP contribution in [-0.4, -0.2) is 24.6 Å². The van der Waals surface area contributed by atoms with Crippen LogP contribution in [0, 0.1) is 5.82 Å². The molecule has 0 saturated carbocycles. The Balaban J connectivity index is 2.07. The van der Waals surface area contributed by atoms with Gasteiger partial charge in [0.2, 0.25) is 5.91 Å². The quantitative estimate of drug-likeness (QED) is 0.701.